The summed E-state index contributed by atoms with van der Waals surface area (Å²) in [4.78, 5) is 12.6. The normalized spacial score (nSPS) is 11.2. The highest BCUT2D eigenvalue weighted by Gasteiger charge is 2.30. The van der Waals surface area contributed by atoms with Gasteiger partial charge in [-0.05, 0) is 67.1 Å². The highest BCUT2D eigenvalue weighted by atomic mass is 35.5. The van der Waals surface area contributed by atoms with Crippen molar-refractivity contribution >= 4 is 50.5 Å². The van der Waals surface area contributed by atoms with Crippen LogP contribution in [0.4, 0.5) is 15.8 Å². The average molecular weight is 497 g/mol. The van der Waals surface area contributed by atoms with Gasteiger partial charge in [-0.25, -0.2) is 12.8 Å². The molecule has 3 aromatic rings. The van der Waals surface area contributed by atoms with Gasteiger partial charge in [-0.2, -0.15) is 0 Å². The summed E-state index contributed by atoms with van der Waals surface area (Å²) < 4.78 is 46.6. The van der Waals surface area contributed by atoms with E-state index in [2.05, 4.69) is 5.32 Å². The Balaban J connectivity index is 2.04. The van der Waals surface area contributed by atoms with E-state index in [1.165, 1.54) is 61.7 Å². The van der Waals surface area contributed by atoms with Crippen molar-refractivity contribution in [2.75, 3.05) is 23.3 Å². The van der Waals surface area contributed by atoms with Gasteiger partial charge in [0.25, 0.3) is 10.0 Å². The van der Waals surface area contributed by atoms with Gasteiger partial charge in [-0.15, -0.1) is 0 Å². The maximum atomic E-state index is 13.6. The topological polar surface area (TPSA) is 75.7 Å². The smallest absolute Gasteiger partial charge is 0.268 e. The number of carbonyl (C=O) groups excluding carboxylic acids is 1. The van der Waals surface area contributed by atoms with Crippen LogP contribution in [0.5, 0.6) is 5.75 Å². The zero-order valence-electron chi connectivity index (χ0n) is 17.1. The lowest BCUT2D eigenvalue weighted by Gasteiger charge is -2.25. The molecular formula is C22H19Cl2FN2O4S. The van der Waals surface area contributed by atoms with E-state index in [4.69, 9.17) is 27.9 Å². The molecule has 168 valence electrons. The Morgan fingerprint density at radius 1 is 1.03 bits per heavy atom. The van der Waals surface area contributed by atoms with Gasteiger partial charge in [-0.1, -0.05) is 29.3 Å². The Morgan fingerprint density at radius 3 is 2.34 bits per heavy atom. The second-order valence-electron chi connectivity index (χ2n) is 6.82. The molecule has 0 aliphatic rings. The fourth-order valence-electron chi connectivity index (χ4n) is 2.92. The first kappa shape index (κ1) is 23.8. The molecular weight excluding hydrogens is 478 g/mol. The summed E-state index contributed by atoms with van der Waals surface area (Å²) in [6, 6.07) is 14.0. The van der Waals surface area contributed by atoms with E-state index >= 15 is 0 Å². The van der Waals surface area contributed by atoms with Crippen molar-refractivity contribution in [1.29, 1.82) is 0 Å². The van der Waals surface area contributed by atoms with E-state index in [9.17, 15) is 17.6 Å². The summed E-state index contributed by atoms with van der Waals surface area (Å²) in [6.45, 7) is 1.16. The minimum atomic E-state index is -4.26. The van der Waals surface area contributed by atoms with Crippen LogP contribution in [0, 0.1) is 12.7 Å². The van der Waals surface area contributed by atoms with E-state index in [1.54, 1.807) is 13.0 Å². The molecule has 0 saturated heterocycles. The quantitative estimate of drug-likeness (QED) is 0.482. The molecule has 10 heteroatoms. The van der Waals surface area contributed by atoms with Gasteiger partial charge in [0.05, 0.1) is 22.8 Å². The van der Waals surface area contributed by atoms with Crippen LogP contribution < -0.4 is 14.4 Å². The number of hydrogen-bond acceptors (Lipinski definition) is 4. The second kappa shape index (κ2) is 9.77. The van der Waals surface area contributed by atoms with Crippen molar-refractivity contribution in [3.05, 3.63) is 82.1 Å². The number of carbonyl (C=O) groups is 1. The van der Waals surface area contributed by atoms with Crippen LogP contribution in [0.1, 0.15) is 5.56 Å². The number of nitrogens with zero attached hydrogens (tertiary/aromatic N) is 1. The summed E-state index contributed by atoms with van der Waals surface area (Å²) in [5.74, 6) is -0.980. The lowest BCUT2D eigenvalue weighted by molar-refractivity contribution is -0.114. The molecule has 0 heterocycles. The minimum absolute atomic E-state index is 0.111. The number of hydrogen-bond donors (Lipinski definition) is 1. The number of nitrogens with one attached hydrogen (secondary N) is 1. The van der Waals surface area contributed by atoms with Crippen LogP contribution in [-0.4, -0.2) is 28.0 Å². The largest absolute Gasteiger partial charge is 0.495 e. The van der Waals surface area contributed by atoms with E-state index in [1.807, 2.05) is 0 Å². The first-order valence-corrected chi connectivity index (χ1v) is 11.5. The van der Waals surface area contributed by atoms with Crippen molar-refractivity contribution in [3.8, 4) is 5.75 Å². The second-order valence-corrected chi connectivity index (χ2v) is 9.46. The molecule has 0 atom stereocenters. The van der Waals surface area contributed by atoms with Crippen LogP contribution in [-0.2, 0) is 14.8 Å². The molecule has 0 aliphatic heterocycles. The number of halogens is 3. The first-order chi connectivity index (χ1) is 15.1. The third kappa shape index (κ3) is 5.32. The molecule has 0 unspecified atom stereocenters. The van der Waals surface area contributed by atoms with E-state index in [0.29, 0.717) is 11.3 Å². The number of benzene rings is 3. The molecule has 1 N–H and O–H groups in total. The maximum absolute atomic E-state index is 13.6. The summed E-state index contributed by atoms with van der Waals surface area (Å²) in [5.41, 5.74) is 1.14. The molecule has 0 spiro atoms. The Morgan fingerprint density at radius 2 is 1.72 bits per heavy atom. The SMILES string of the molecule is COc1ccc(C)cc1S(=O)(=O)N(CC(=O)Nc1ccc(F)cc1)c1ccc(Cl)c(Cl)c1. The number of rotatable bonds is 7. The van der Waals surface area contributed by atoms with Crippen LogP contribution >= 0.6 is 23.2 Å². The molecule has 32 heavy (non-hydrogen) atoms. The molecule has 3 aromatic carbocycles. The Bertz CT molecular complexity index is 1250. The zero-order valence-corrected chi connectivity index (χ0v) is 19.4. The fraction of sp³-hybridized carbons (Fsp3) is 0.136. The molecule has 0 saturated carbocycles. The molecule has 0 aromatic heterocycles. The highest BCUT2D eigenvalue weighted by Crippen LogP contribution is 2.33. The van der Waals surface area contributed by atoms with Gasteiger partial charge in [-0.3, -0.25) is 9.10 Å². The maximum Gasteiger partial charge on any atom is 0.268 e. The number of aryl methyl sites for hydroxylation is 1. The van der Waals surface area contributed by atoms with Crippen molar-refractivity contribution < 1.29 is 22.3 Å². The molecule has 3 rings (SSSR count). The van der Waals surface area contributed by atoms with E-state index in [-0.39, 0.29) is 26.4 Å². The Kier molecular flexibility index (Phi) is 7.28. The van der Waals surface area contributed by atoms with Crippen LogP contribution in [0.15, 0.2) is 65.6 Å². The minimum Gasteiger partial charge on any atom is -0.495 e. The van der Waals surface area contributed by atoms with Crippen molar-refractivity contribution in [1.82, 2.24) is 0 Å². The summed E-state index contributed by atoms with van der Waals surface area (Å²) in [6.07, 6.45) is 0. The van der Waals surface area contributed by atoms with Crippen molar-refractivity contribution in [3.63, 3.8) is 0 Å². The Labute approximate surface area is 195 Å². The standard InChI is InChI=1S/C22H19Cl2FN2O4S/c1-14-3-10-20(31-2)21(11-14)32(29,30)27(17-8-9-18(23)19(24)12-17)13-22(28)26-16-6-4-15(25)5-7-16/h3-12H,13H2,1-2H3,(H,26,28). The first-order valence-electron chi connectivity index (χ1n) is 9.29. The zero-order chi connectivity index (χ0) is 23.5. The van der Waals surface area contributed by atoms with Gasteiger partial charge in [0.2, 0.25) is 5.91 Å². The van der Waals surface area contributed by atoms with Crippen LogP contribution in [0.2, 0.25) is 10.0 Å². The third-order valence-electron chi connectivity index (χ3n) is 4.49. The molecule has 0 fully saturated rings. The number of anilines is 2. The van der Waals surface area contributed by atoms with Gasteiger partial charge in [0.1, 0.15) is 23.0 Å². The molecule has 0 aliphatic carbocycles. The predicted molar refractivity (Wildman–Crippen MR) is 124 cm³/mol. The molecule has 6 nitrogen and oxygen atoms in total. The van der Waals surface area contributed by atoms with Gasteiger partial charge >= 0.3 is 0 Å². The lowest BCUT2D eigenvalue weighted by Crippen LogP contribution is -2.38. The predicted octanol–water partition coefficient (Wildman–Crippen LogP) is 5.28. The Hall–Kier alpha value is -2.81. The molecule has 0 radical (unpaired) electrons. The number of amides is 1. The summed E-state index contributed by atoms with van der Waals surface area (Å²) in [5, 5.41) is 2.91. The van der Waals surface area contributed by atoms with E-state index in [0.717, 1.165) is 4.31 Å². The third-order valence-corrected chi connectivity index (χ3v) is 7.03. The molecule has 1 amide bonds. The van der Waals surface area contributed by atoms with Gasteiger partial charge in [0.15, 0.2) is 0 Å². The summed E-state index contributed by atoms with van der Waals surface area (Å²) in [7, 11) is -2.90. The number of ether oxygens (including phenoxy) is 1. The number of sulfonamides is 1. The fourth-order valence-corrected chi connectivity index (χ4v) is 4.87. The van der Waals surface area contributed by atoms with Crippen LogP contribution in [0.3, 0.4) is 0 Å². The summed E-state index contributed by atoms with van der Waals surface area (Å²) >= 11 is 12.1. The number of methoxy groups -OCH3 is 1. The van der Waals surface area contributed by atoms with Crippen molar-refractivity contribution in [2.24, 2.45) is 0 Å². The van der Waals surface area contributed by atoms with Crippen molar-refractivity contribution in [2.45, 2.75) is 11.8 Å². The van der Waals surface area contributed by atoms with Gasteiger partial charge in [0, 0.05) is 5.69 Å². The van der Waals surface area contributed by atoms with Gasteiger partial charge < -0.3 is 10.1 Å². The highest BCUT2D eigenvalue weighted by molar-refractivity contribution is 7.93. The lowest BCUT2D eigenvalue weighted by atomic mass is 10.2. The van der Waals surface area contributed by atoms with E-state index < -0.39 is 28.3 Å². The van der Waals surface area contributed by atoms with Crippen LogP contribution in [0.25, 0.3) is 0 Å². The average Bonchev–Trinajstić information content (AvgIpc) is 2.75. The molecule has 0 bridgehead atoms. The monoisotopic (exact) mass is 496 g/mol.